The number of nitrogens with zero attached hydrogens (tertiary/aromatic N) is 2. The quantitative estimate of drug-likeness (QED) is 0.406. The SMILES string of the molecule is CCc1ccc(C(NC(=O)CCc2nc(-c3cccs3)no2)c2cccc(F)c2)cc1. The molecular weight excluding hydrogens is 413 g/mol. The van der Waals surface area contributed by atoms with Gasteiger partial charge in [0.25, 0.3) is 0 Å². The molecule has 0 spiro atoms. The lowest BCUT2D eigenvalue weighted by Crippen LogP contribution is -2.29. The van der Waals surface area contributed by atoms with Gasteiger partial charge in [-0.25, -0.2) is 4.39 Å². The van der Waals surface area contributed by atoms with Crippen molar-refractivity contribution < 1.29 is 13.7 Å². The largest absolute Gasteiger partial charge is 0.345 e. The first-order chi connectivity index (χ1) is 15.1. The van der Waals surface area contributed by atoms with E-state index in [0.29, 0.717) is 23.7 Å². The summed E-state index contributed by atoms with van der Waals surface area (Å²) in [6.45, 7) is 2.09. The minimum absolute atomic E-state index is 0.176. The van der Waals surface area contributed by atoms with Crippen LogP contribution >= 0.6 is 11.3 Å². The average Bonchev–Trinajstić information content (AvgIpc) is 3.48. The van der Waals surface area contributed by atoms with Crippen LogP contribution in [-0.2, 0) is 17.6 Å². The van der Waals surface area contributed by atoms with Crippen molar-refractivity contribution in [1.29, 1.82) is 0 Å². The van der Waals surface area contributed by atoms with Crippen molar-refractivity contribution in [2.45, 2.75) is 32.2 Å². The Morgan fingerprint density at radius 2 is 1.97 bits per heavy atom. The monoisotopic (exact) mass is 435 g/mol. The van der Waals surface area contributed by atoms with Crippen LogP contribution < -0.4 is 5.32 Å². The van der Waals surface area contributed by atoms with Crippen LogP contribution in [0, 0.1) is 5.82 Å². The molecule has 5 nitrogen and oxygen atoms in total. The second kappa shape index (κ2) is 9.66. The Balaban J connectivity index is 1.46. The number of carbonyl (C=O) groups excluding carboxylic acids is 1. The summed E-state index contributed by atoms with van der Waals surface area (Å²) >= 11 is 1.53. The predicted molar refractivity (Wildman–Crippen MR) is 118 cm³/mol. The Morgan fingerprint density at radius 3 is 2.68 bits per heavy atom. The highest BCUT2D eigenvalue weighted by Gasteiger charge is 2.19. The zero-order chi connectivity index (χ0) is 21.6. The van der Waals surface area contributed by atoms with E-state index in [1.54, 1.807) is 6.07 Å². The number of benzene rings is 2. The van der Waals surface area contributed by atoms with Crippen LogP contribution in [0.5, 0.6) is 0 Å². The summed E-state index contributed by atoms with van der Waals surface area (Å²) in [5.74, 6) is 0.422. The van der Waals surface area contributed by atoms with Crippen molar-refractivity contribution in [2.24, 2.45) is 0 Å². The van der Waals surface area contributed by atoms with E-state index in [1.165, 1.54) is 29.0 Å². The molecule has 0 aliphatic rings. The van der Waals surface area contributed by atoms with Crippen LogP contribution in [0.15, 0.2) is 70.6 Å². The maximum Gasteiger partial charge on any atom is 0.227 e. The van der Waals surface area contributed by atoms with E-state index < -0.39 is 6.04 Å². The molecule has 0 saturated carbocycles. The Bertz CT molecular complexity index is 1140. The van der Waals surface area contributed by atoms with Gasteiger partial charge in [-0.3, -0.25) is 4.79 Å². The number of hydrogen-bond acceptors (Lipinski definition) is 5. The maximum atomic E-state index is 13.8. The van der Waals surface area contributed by atoms with Gasteiger partial charge >= 0.3 is 0 Å². The van der Waals surface area contributed by atoms with Gasteiger partial charge in [0.15, 0.2) is 0 Å². The second-order valence-electron chi connectivity index (χ2n) is 7.14. The van der Waals surface area contributed by atoms with Crippen molar-refractivity contribution in [3.63, 3.8) is 0 Å². The first kappa shape index (κ1) is 20.9. The Labute approximate surface area is 183 Å². The van der Waals surface area contributed by atoms with Crippen molar-refractivity contribution in [3.8, 4) is 10.7 Å². The zero-order valence-corrected chi connectivity index (χ0v) is 17.9. The number of thiophene rings is 1. The predicted octanol–water partition coefficient (Wildman–Crippen LogP) is 5.34. The van der Waals surface area contributed by atoms with Crippen LogP contribution in [0.1, 0.15) is 42.0 Å². The topological polar surface area (TPSA) is 68.0 Å². The van der Waals surface area contributed by atoms with Crippen LogP contribution in [0.2, 0.25) is 0 Å². The molecule has 0 bridgehead atoms. The Kier molecular flexibility index (Phi) is 6.52. The number of aromatic nitrogens is 2. The van der Waals surface area contributed by atoms with E-state index >= 15 is 0 Å². The third-order valence-corrected chi connectivity index (χ3v) is 5.85. The fourth-order valence-electron chi connectivity index (χ4n) is 3.31. The van der Waals surface area contributed by atoms with Crippen molar-refractivity contribution >= 4 is 17.2 Å². The van der Waals surface area contributed by atoms with Gasteiger partial charge in [0.2, 0.25) is 17.6 Å². The molecule has 2 aromatic carbocycles. The number of hydrogen-bond donors (Lipinski definition) is 1. The second-order valence-corrected chi connectivity index (χ2v) is 8.09. The molecular formula is C24H22FN3O2S. The minimum Gasteiger partial charge on any atom is -0.345 e. The molecule has 7 heteroatoms. The molecule has 0 aliphatic heterocycles. The Hall–Kier alpha value is -3.32. The van der Waals surface area contributed by atoms with Gasteiger partial charge in [-0.05, 0) is 46.7 Å². The molecule has 0 fully saturated rings. The number of rotatable bonds is 8. The highest BCUT2D eigenvalue weighted by molar-refractivity contribution is 7.13. The molecule has 4 aromatic rings. The molecule has 1 unspecified atom stereocenters. The van der Waals surface area contributed by atoms with E-state index in [-0.39, 0.29) is 18.1 Å². The average molecular weight is 436 g/mol. The number of amides is 1. The van der Waals surface area contributed by atoms with Gasteiger partial charge in [-0.2, -0.15) is 4.98 Å². The molecule has 4 rings (SSSR count). The third-order valence-electron chi connectivity index (χ3n) is 4.98. The summed E-state index contributed by atoms with van der Waals surface area (Å²) in [6, 6.07) is 17.7. The molecule has 2 aromatic heterocycles. The first-order valence-corrected chi connectivity index (χ1v) is 11.0. The number of aryl methyl sites for hydroxylation is 2. The minimum atomic E-state index is -0.446. The standard InChI is InChI=1S/C24H22FN3O2S/c1-2-16-8-10-17(11-9-16)23(18-5-3-6-19(25)15-18)26-21(29)12-13-22-27-24(28-30-22)20-7-4-14-31-20/h3-11,14-15,23H,2,12-13H2,1H3,(H,26,29). The summed E-state index contributed by atoms with van der Waals surface area (Å²) in [4.78, 5) is 18.0. The highest BCUT2D eigenvalue weighted by Crippen LogP contribution is 2.24. The summed E-state index contributed by atoms with van der Waals surface area (Å²) in [5.41, 5.74) is 2.79. The number of carbonyl (C=O) groups is 1. The molecule has 1 atom stereocenters. The molecule has 0 aliphatic carbocycles. The molecule has 1 amide bonds. The zero-order valence-electron chi connectivity index (χ0n) is 17.0. The smallest absolute Gasteiger partial charge is 0.227 e. The van der Waals surface area contributed by atoms with Crippen molar-refractivity contribution in [2.75, 3.05) is 0 Å². The van der Waals surface area contributed by atoms with Crippen molar-refractivity contribution in [1.82, 2.24) is 15.5 Å². The van der Waals surface area contributed by atoms with E-state index in [4.69, 9.17) is 4.52 Å². The Morgan fingerprint density at radius 1 is 1.13 bits per heavy atom. The lowest BCUT2D eigenvalue weighted by atomic mass is 9.97. The van der Waals surface area contributed by atoms with Gasteiger partial charge in [-0.15, -0.1) is 11.3 Å². The van der Waals surface area contributed by atoms with Gasteiger partial charge in [0.1, 0.15) is 5.82 Å². The van der Waals surface area contributed by atoms with Gasteiger partial charge in [0, 0.05) is 12.8 Å². The normalized spacial score (nSPS) is 11.9. The van der Waals surface area contributed by atoms with Gasteiger partial charge in [0.05, 0.1) is 10.9 Å². The van der Waals surface area contributed by atoms with Gasteiger partial charge in [-0.1, -0.05) is 54.5 Å². The van der Waals surface area contributed by atoms with E-state index in [0.717, 1.165) is 16.9 Å². The molecule has 158 valence electrons. The summed E-state index contributed by atoms with van der Waals surface area (Å²) in [5, 5.41) is 8.94. The van der Waals surface area contributed by atoms with E-state index in [2.05, 4.69) is 22.4 Å². The molecule has 2 heterocycles. The van der Waals surface area contributed by atoms with E-state index in [1.807, 2.05) is 47.8 Å². The molecule has 0 saturated heterocycles. The molecule has 1 N–H and O–H groups in total. The van der Waals surface area contributed by atoms with Crippen LogP contribution in [0.3, 0.4) is 0 Å². The lowest BCUT2D eigenvalue weighted by Gasteiger charge is -2.20. The number of halogens is 1. The fourth-order valence-corrected chi connectivity index (χ4v) is 3.96. The molecule has 0 radical (unpaired) electrons. The number of nitrogens with one attached hydrogen (secondary N) is 1. The van der Waals surface area contributed by atoms with E-state index in [9.17, 15) is 9.18 Å². The summed E-state index contributed by atoms with van der Waals surface area (Å²) in [6.07, 6.45) is 1.44. The maximum absolute atomic E-state index is 13.8. The first-order valence-electron chi connectivity index (χ1n) is 10.1. The van der Waals surface area contributed by atoms with Crippen LogP contribution in [0.25, 0.3) is 10.7 Å². The highest BCUT2D eigenvalue weighted by atomic mass is 32.1. The van der Waals surface area contributed by atoms with Crippen molar-refractivity contribution in [3.05, 3.63) is 94.4 Å². The molecule has 31 heavy (non-hydrogen) atoms. The van der Waals surface area contributed by atoms with Crippen LogP contribution in [0.4, 0.5) is 4.39 Å². The lowest BCUT2D eigenvalue weighted by molar-refractivity contribution is -0.121. The fraction of sp³-hybridized carbons (Fsp3) is 0.208. The van der Waals surface area contributed by atoms with Crippen LogP contribution in [-0.4, -0.2) is 16.0 Å². The summed E-state index contributed by atoms with van der Waals surface area (Å²) in [7, 11) is 0. The third kappa shape index (κ3) is 5.24. The van der Waals surface area contributed by atoms with Gasteiger partial charge < -0.3 is 9.84 Å². The summed E-state index contributed by atoms with van der Waals surface area (Å²) < 4.78 is 19.1.